The summed E-state index contributed by atoms with van der Waals surface area (Å²) >= 11 is 0. The first kappa shape index (κ1) is 39.1. The van der Waals surface area contributed by atoms with Crippen LogP contribution in [0.4, 0.5) is 39.0 Å². The van der Waals surface area contributed by atoms with Crippen molar-refractivity contribution in [2.45, 2.75) is 23.1 Å². The van der Waals surface area contributed by atoms with Gasteiger partial charge in [-0.3, -0.25) is 0 Å². The second kappa shape index (κ2) is 15.9. The van der Waals surface area contributed by atoms with Gasteiger partial charge in [-0.15, -0.1) is 10.2 Å². The van der Waals surface area contributed by atoms with E-state index in [4.69, 9.17) is 4.74 Å². The van der Waals surface area contributed by atoms with E-state index in [0.29, 0.717) is 12.1 Å². The van der Waals surface area contributed by atoms with Crippen LogP contribution in [-0.2, 0) is 26.7 Å². The number of phenolic OH excluding ortho intramolecular Hbond substituents is 1. The first-order valence-corrected chi connectivity index (χ1v) is 15.9. The fourth-order valence-corrected chi connectivity index (χ4v) is 5.66. The number of nitrogens with zero attached hydrogens (tertiary/aromatic N) is 5. The third-order valence-electron chi connectivity index (χ3n) is 6.52. The van der Waals surface area contributed by atoms with Crippen LogP contribution in [0.1, 0.15) is 12.5 Å². The number of benzene rings is 4. The number of aryl methyl sites for hydroxylation is 1. The molecule has 0 atom stereocenters. The van der Waals surface area contributed by atoms with E-state index >= 15 is 0 Å². The van der Waals surface area contributed by atoms with E-state index in [1.54, 1.807) is 12.1 Å². The van der Waals surface area contributed by atoms with Crippen LogP contribution in [0.3, 0.4) is 0 Å². The molecule has 0 radical (unpaired) electrons. The van der Waals surface area contributed by atoms with Gasteiger partial charge in [0.05, 0.1) is 16.9 Å². The van der Waals surface area contributed by atoms with Crippen molar-refractivity contribution in [3.8, 4) is 11.5 Å². The number of methoxy groups -OCH3 is 1. The number of aromatic nitrogens is 3. The number of hydrogen-bond acceptors (Lipinski definition) is 15. The monoisotopic (exact) mass is 713 g/mol. The van der Waals surface area contributed by atoms with Crippen molar-refractivity contribution in [2.24, 2.45) is 10.2 Å². The average Bonchev–Trinajstić information content (AvgIpc) is 2.99. The summed E-state index contributed by atoms with van der Waals surface area (Å²) in [5, 5.41) is 24.0. The van der Waals surface area contributed by atoms with Gasteiger partial charge >= 0.3 is 65.2 Å². The largest absolute Gasteiger partial charge is 1.00 e. The molecular formula is C28H22FN7Na2O8S2. The normalized spacial score (nSPS) is 11.5. The number of fused-ring (bicyclic) bond motifs is 1. The van der Waals surface area contributed by atoms with E-state index in [0.717, 1.165) is 23.8 Å². The number of azo groups is 1. The third-order valence-corrected chi connectivity index (χ3v) is 8.24. The fraction of sp³-hybridized carbons (Fsp3) is 0.107. The molecule has 3 N–H and O–H groups in total. The van der Waals surface area contributed by atoms with Crippen LogP contribution in [0.15, 0.2) is 86.7 Å². The van der Waals surface area contributed by atoms with Crippen LogP contribution in [0.5, 0.6) is 11.5 Å². The Kier molecular flexibility index (Phi) is 13.0. The number of rotatable bonds is 10. The number of aromatic hydroxyl groups is 1. The Hall–Kier alpha value is -3.30. The van der Waals surface area contributed by atoms with Gasteiger partial charge in [0.2, 0.25) is 11.9 Å². The molecule has 0 amide bonds. The van der Waals surface area contributed by atoms with Gasteiger partial charge in [-0.25, -0.2) is 16.8 Å². The molecule has 5 aromatic rings. The molecular weight excluding hydrogens is 691 g/mol. The molecule has 1 heterocycles. The Morgan fingerprint density at radius 1 is 0.854 bits per heavy atom. The number of hydrogen-bond donors (Lipinski definition) is 3. The number of para-hydroxylation sites is 1. The summed E-state index contributed by atoms with van der Waals surface area (Å²) < 4.78 is 91.1. The molecule has 1 aromatic heterocycles. The van der Waals surface area contributed by atoms with Crippen LogP contribution in [-0.4, -0.2) is 53.1 Å². The number of nitrogens with one attached hydrogen (secondary N) is 2. The quantitative estimate of drug-likeness (QED) is 0.0912. The smallest absolute Gasteiger partial charge is 0.744 e. The molecule has 5 rings (SSSR count). The minimum absolute atomic E-state index is 0. The number of anilines is 4. The topological polar surface area (TPSA) is 231 Å². The van der Waals surface area contributed by atoms with Gasteiger partial charge in [0.1, 0.15) is 37.4 Å². The van der Waals surface area contributed by atoms with Gasteiger partial charge in [0, 0.05) is 16.8 Å². The van der Waals surface area contributed by atoms with Gasteiger partial charge in [-0.1, -0.05) is 25.1 Å². The molecule has 0 spiro atoms. The van der Waals surface area contributed by atoms with E-state index in [9.17, 15) is 35.4 Å². The van der Waals surface area contributed by atoms with Gasteiger partial charge in [0.15, 0.2) is 5.75 Å². The molecule has 20 heteroatoms. The molecule has 0 unspecified atom stereocenters. The van der Waals surface area contributed by atoms with Crippen molar-refractivity contribution in [1.82, 2.24) is 15.0 Å². The maximum absolute atomic E-state index is 14.3. The predicted molar refractivity (Wildman–Crippen MR) is 161 cm³/mol. The molecule has 0 fully saturated rings. The second-order valence-corrected chi connectivity index (χ2v) is 12.2. The van der Waals surface area contributed by atoms with Crippen molar-refractivity contribution in [1.29, 1.82) is 0 Å². The van der Waals surface area contributed by atoms with Crippen LogP contribution < -0.4 is 74.5 Å². The maximum Gasteiger partial charge on any atom is 1.00 e. The molecule has 48 heavy (non-hydrogen) atoms. The van der Waals surface area contributed by atoms with Gasteiger partial charge in [-0.05, 0) is 65.9 Å². The molecule has 4 aromatic carbocycles. The predicted octanol–water partition coefficient (Wildman–Crippen LogP) is -0.841. The Labute approximate surface area is 318 Å². The number of halogens is 1. The van der Waals surface area contributed by atoms with Crippen LogP contribution >= 0.6 is 0 Å². The molecule has 0 saturated heterocycles. The molecule has 0 aliphatic rings. The summed E-state index contributed by atoms with van der Waals surface area (Å²) in [6, 6.07) is 15.5. The number of ether oxygens (including phenoxy) is 1. The van der Waals surface area contributed by atoms with Crippen molar-refractivity contribution in [3.05, 3.63) is 78.4 Å². The van der Waals surface area contributed by atoms with Crippen molar-refractivity contribution < 1.29 is 99.3 Å². The molecule has 0 saturated carbocycles. The summed E-state index contributed by atoms with van der Waals surface area (Å²) in [5.74, 6) is -1.06. The standard InChI is InChI=1S/C28H24FN7O8S2.2Na/c1-3-15-6-4-5-7-20(15)31-28-33-26(29)32-27(34-28)30-17-8-10-19-16(12-17)13-23(46(41,42)43)24(25(19)37)36-35-21-11-9-18(44-2)14-22(21)45(38,39)40;;/h4-14,37H,3H2,1-2H3,(H,38,39,40)(H,41,42,43)(H2,30,31,32,33,34);;/q;2*+1/p-2. The summed E-state index contributed by atoms with van der Waals surface area (Å²) in [6.45, 7) is 1.95. The van der Waals surface area contributed by atoms with E-state index in [2.05, 4.69) is 35.8 Å². The zero-order valence-corrected chi connectivity index (χ0v) is 31.4. The van der Waals surface area contributed by atoms with Gasteiger partial charge in [0.25, 0.3) is 0 Å². The molecule has 0 aliphatic carbocycles. The maximum atomic E-state index is 14.3. The van der Waals surface area contributed by atoms with E-state index in [1.807, 2.05) is 19.1 Å². The number of phenols is 1. The summed E-state index contributed by atoms with van der Waals surface area (Å²) in [5.41, 5.74) is 0.524. The Bertz CT molecular complexity index is 2250. The molecule has 15 nitrogen and oxygen atoms in total. The Morgan fingerprint density at radius 3 is 2.17 bits per heavy atom. The fourth-order valence-electron chi connectivity index (χ4n) is 4.39. The van der Waals surface area contributed by atoms with E-state index in [-0.39, 0.29) is 93.2 Å². The molecule has 0 bridgehead atoms. The third kappa shape index (κ3) is 9.03. The van der Waals surface area contributed by atoms with Crippen LogP contribution in [0.2, 0.25) is 0 Å². The minimum Gasteiger partial charge on any atom is -0.744 e. The summed E-state index contributed by atoms with van der Waals surface area (Å²) in [6.07, 6.45) is -0.396. The second-order valence-electron chi connectivity index (χ2n) is 9.46. The van der Waals surface area contributed by atoms with E-state index in [1.165, 1.54) is 31.4 Å². The van der Waals surface area contributed by atoms with Gasteiger partial charge in [-0.2, -0.15) is 19.3 Å². The minimum atomic E-state index is -5.29. The van der Waals surface area contributed by atoms with Crippen LogP contribution in [0, 0.1) is 6.08 Å². The van der Waals surface area contributed by atoms with Crippen molar-refractivity contribution in [2.75, 3.05) is 17.7 Å². The first-order valence-electron chi connectivity index (χ1n) is 13.1. The Morgan fingerprint density at radius 2 is 1.52 bits per heavy atom. The Balaban J connectivity index is 0.00000312. The molecule has 238 valence electrons. The molecule has 0 aliphatic heterocycles. The van der Waals surface area contributed by atoms with Gasteiger partial charge < -0.3 is 29.6 Å². The summed E-state index contributed by atoms with van der Waals surface area (Å²) in [7, 11) is -9.14. The van der Waals surface area contributed by atoms with E-state index < -0.39 is 53.2 Å². The zero-order valence-electron chi connectivity index (χ0n) is 25.8. The summed E-state index contributed by atoms with van der Waals surface area (Å²) in [4.78, 5) is 9.66. The van der Waals surface area contributed by atoms with Crippen LogP contribution in [0.25, 0.3) is 10.8 Å². The first-order chi connectivity index (χ1) is 21.8. The van der Waals surface area contributed by atoms with Crippen molar-refractivity contribution >= 4 is 65.7 Å². The SMILES string of the molecule is CCc1ccccc1Nc1nc(F)nc(Nc2ccc3c(O)c(N=Nc4ccc(OC)cc4S(=O)(=O)[O-])c(S(=O)(=O)[O-])cc3c2)n1.[Na+].[Na+]. The van der Waals surface area contributed by atoms with Crippen molar-refractivity contribution in [3.63, 3.8) is 0 Å². The zero-order chi connectivity index (χ0) is 33.2. The average molecular weight is 714 g/mol.